The van der Waals surface area contributed by atoms with Gasteiger partial charge in [-0.2, -0.15) is 0 Å². The summed E-state index contributed by atoms with van der Waals surface area (Å²) in [6.45, 7) is 0. The zero-order chi connectivity index (χ0) is 14.4. The Morgan fingerprint density at radius 2 is 1.62 bits per heavy atom. The number of carbonyl (C=O) groups excluding carboxylic acids is 1. The van der Waals surface area contributed by atoms with Crippen molar-refractivity contribution < 1.29 is 9.18 Å². The first-order valence-electron chi connectivity index (χ1n) is 7.72. The summed E-state index contributed by atoms with van der Waals surface area (Å²) in [4.78, 5) is 12.6. The van der Waals surface area contributed by atoms with Gasteiger partial charge in [0.1, 0.15) is 5.82 Å². The van der Waals surface area contributed by atoms with Gasteiger partial charge < -0.3 is 5.32 Å². The first-order valence-corrected chi connectivity index (χ1v) is 7.72. The molecule has 0 radical (unpaired) electrons. The van der Waals surface area contributed by atoms with E-state index >= 15 is 0 Å². The Morgan fingerprint density at radius 1 is 1.00 bits per heavy atom. The lowest BCUT2D eigenvalue weighted by Crippen LogP contribution is -2.38. The molecule has 108 valence electrons. The summed E-state index contributed by atoms with van der Waals surface area (Å²) in [5.41, 5.74) is 0.582. The molecule has 1 N–H and O–H groups in total. The summed E-state index contributed by atoms with van der Waals surface area (Å²) < 4.78 is 13.8. The normalized spacial score (nSPS) is 18.2. The fraction of sp³-hybridized carbons (Fsp3) is 0.389. The van der Waals surface area contributed by atoms with Crippen LogP contribution in [0.2, 0.25) is 0 Å². The van der Waals surface area contributed by atoms with Gasteiger partial charge >= 0.3 is 0 Å². The molecule has 1 amide bonds. The van der Waals surface area contributed by atoms with Crippen molar-refractivity contribution >= 4 is 16.7 Å². The highest BCUT2D eigenvalue weighted by Gasteiger charge is 2.42. The lowest BCUT2D eigenvalue weighted by molar-refractivity contribution is 0.0928. The zero-order valence-electron chi connectivity index (χ0n) is 11.8. The van der Waals surface area contributed by atoms with Gasteiger partial charge in [0.2, 0.25) is 0 Å². The van der Waals surface area contributed by atoms with E-state index in [9.17, 15) is 9.18 Å². The zero-order valence-corrected chi connectivity index (χ0v) is 11.8. The highest BCUT2D eigenvalue weighted by atomic mass is 19.1. The van der Waals surface area contributed by atoms with Gasteiger partial charge in [-0.15, -0.1) is 0 Å². The molecule has 0 heterocycles. The number of halogens is 1. The Morgan fingerprint density at radius 3 is 2.24 bits per heavy atom. The molecule has 2 fully saturated rings. The first kappa shape index (κ1) is 12.8. The molecule has 0 saturated heterocycles. The maximum absolute atomic E-state index is 13.8. The maximum Gasteiger partial charge on any atom is 0.252 e. The molecular weight excluding hydrogens is 265 g/mol. The topological polar surface area (TPSA) is 29.1 Å². The van der Waals surface area contributed by atoms with Crippen molar-refractivity contribution in [2.45, 2.75) is 31.7 Å². The number of hydrogen-bond acceptors (Lipinski definition) is 1. The molecule has 0 unspecified atom stereocenters. The summed E-state index contributed by atoms with van der Waals surface area (Å²) in [5, 5.41) is 4.42. The molecule has 4 rings (SSSR count). The highest BCUT2D eigenvalue weighted by Crippen LogP contribution is 2.44. The van der Waals surface area contributed by atoms with Crippen molar-refractivity contribution in [1.29, 1.82) is 0 Å². The van der Waals surface area contributed by atoms with Crippen LogP contribution in [0.1, 0.15) is 36.0 Å². The lowest BCUT2D eigenvalue weighted by Gasteiger charge is -2.18. The fourth-order valence-corrected chi connectivity index (χ4v) is 3.22. The highest BCUT2D eigenvalue weighted by molar-refractivity contribution is 6.07. The van der Waals surface area contributed by atoms with Crippen molar-refractivity contribution in [1.82, 2.24) is 5.32 Å². The van der Waals surface area contributed by atoms with Crippen LogP contribution < -0.4 is 5.32 Å². The van der Waals surface area contributed by atoms with Gasteiger partial charge in [-0.3, -0.25) is 4.79 Å². The number of nitrogens with one attached hydrogen (secondary N) is 1. The van der Waals surface area contributed by atoms with E-state index in [0.717, 1.165) is 0 Å². The van der Waals surface area contributed by atoms with E-state index in [0.29, 0.717) is 34.2 Å². The molecular formula is C18H18FNO. The molecule has 0 spiro atoms. The third kappa shape index (κ3) is 2.41. The smallest absolute Gasteiger partial charge is 0.252 e. The van der Waals surface area contributed by atoms with Crippen LogP contribution in [-0.4, -0.2) is 11.9 Å². The summed E-state index contributed by atoms with van der Waals surface area (Å²) in [6.07, 6.45) is 4.91. The first-order chi connectivity index (χ1) is 10.2. The van der Waals surface area contributed by atoms with E-state index in [1.165, 1.54) is 31.7 Å². The summed E-state index contributed by atoms with van der Waals surface area (Å²) in [7, 11) is 0. The molecule has 0 atom stereocenters. The Labute approximate surface area is 123 Å². The van der Waals surface area contributed by atoms with E-state index in [2.05, 4.69) is 5.32 Å². The monoisotopic (exact) mass is 283 g/mol. The van der Waals surface area contributed by atoms with Crippen molar-refractivity contribution in [2.24, 2.45) is 11.8 Å². The third-order valence-corrected chi connectivity index (χ3v) is 4.67. The van der Waals surface area contributed by atoms with E-state index in [1.807, 2.05) is 12.1 Å². The minimum absolute atomic E-state index is 0.0602. The fourth-order valence-electron chi connectivity index (χ4n) is 3.22. The van der Waals surface area contributed by atoms with Crippen LogP contribution in [0.25, 0.3) is 10.8 Å². The molecule has 21 heavy (non-hydrogen) atoms. The van der Waals surface area contributed by atoms with Gasteiger partial charge in [-0.05, 0) is 55.0 Å². The molecule has 2 aromatic carbocycles. The Balaban J connectivity index is 1.66. The molecule has 3 heteroatoms. The van der Waals surface area contributed by atoms with E-state index in [-0.39, 0.29) is 11.7 Å². The average molecular weight is 283 g/mol. The van der Waals surface area contributed by atoms with Crippen LogP contribution in [0.4, 0.5) is 4.39 Å². The third-order valence-electron chi connectivity index (χ3n) is 4.67. The van der Waals surface area contributed by atoms with Crippen LogP contribution >= 0.6 is 0 Å². The molecule has 2 saturated carbocycles. The van der Waals surface area contributed by atoms with Gasteiger partial charge in [0.15, 0.2) is 0 Å². The van der Waals surface area contributed by atoms with E-state index in [1.54, 1.807) is 18.2 Å². The summed E-state index contributed by atoms with van der Waals surface area (Å²) >= 11 is 0. The minimum Gasteiger partial charge on any atom is -0.349 e. The summed E-state index contributed by atoms with van der Waals surface area (Å²) in [5.74, 6) is 0.986. The van der Waals surface area contributed by atoms with Gasteiger partial charge in [0.05, 0.1) is 0 Å². The maximum atomic E-state index is 13.8. The second-order valence-corrected chi connectivity index (χ2v) is 6.31. The molecule has 2 nitrogen and oxygen atoms in total. The summed E-state index contributed by atoms with van der Waals surface area (Å²) in [6, 6.07) is 10.5. The van der Waals surface area contributed by atoms with Crippen LogP contribution in [0.15, 0.2) is 36.4 Å². The standard InChI is InChI=1S/C18H18FNO/c19-16-10-9-15(13-3-1-2-4-14(13)16)18(21)20-17(11-5-6-11)12-7-8-12/h1-4,9-12,17H,5-8H2,(H,20,21). The molecule has 2 aliphatic rings. The minimum atomic E-state index is -0.275. The number of rotatable bonds is 4. The van der Waals surface area contributed by atoms with Gasteiger partial charge in [0.25, 0.3) is 5.91 Å². The Kier molecular flexibility index (Phi) is 2.95. The molecule has 0 aromatic heterocycles. The Hall–Kier alpha value is -1.90. The Bertz CT molecular complexity index is 691. The number of fused-ring (bicyclic) bond motifs is 1. The van der Waals surface area contributed by atoms with Crippen molar-refractivity contribution in [3.8, 4) is 0 Å². The second-order valence-electron chi connectivity index (χ2n) is 6.31. The SMILES string of the molecule is O=C(NC(C1CC1)C1CC1)c1ccc(F)c2ccccc12. The van der Waals surface area contributed by atoms with E-state index in [4.69, 9.17) is 0 Å². The quantitative estimate of drug-likeness (QED) is 0.906. The molecule has 0 aliphatic heterocycles. The van der Waals surface area contributed by atoms with Crippen LogP contribution in [0, 0.1) is 17.7 Å². The number of carbonyl (C=O) groups is 1. The molecule has 2 aromatic rings. The largest absolute Gasteiger partial charge is 0.349 e. The van der Waals surface area contributed by atoms with Crippen LogP contribution in [0.5, 0.6) is 0 Å². The van der Waals surface area contributed by atoms with Gasteiger partial charge in [-0.1, -0.05) is 24.3 Å². The van der Waals surface area contributed by atoms with Crippen LogP contribution in [0.3, 0.4) is 0 Å². The lowest BCUT2D eigenvalue weighted by atomic mass is 10.0. The van der Waals surface area contributed by atoms with Crippen molar-refractivity contribution in [3.63, 3.8) is 0 Å². The predicted molar refractivity (Wildman–Crippen MR) is 80.6 cm³/mol. The molecule has 0 bridgehead atoms. The van der Waals surface area contributed by atoms with Crippen molar-refractivity contribution in [3.05, 3.63) is 47.8 Å². The number of hydrogen-bond donors (Lipinski definition) is 1. The average Bonchev–Trinajstić information content (AvgIpc) is 3.39. The van der Waals surface area contributed by atoms with Crippen molar-refractivity contribution in [2.75, 3.05) is 0 Å². The van der Waals surface area contributed by atoms with Gasteiger partial charge in [0, 0.05) is 17.0 Å². The van der Waals surface area contributed by atoms with E-state index < -0.39 is 0 Å². The predicted octanol–water partition coefficient (Wildman–Crippen LogP) is 3.90. The molecule has 2 aliphatic carbocycles. The second kappa shape index (κ2) is 4.83. The number of amides is 1. The van der Waals surface area contributed by atoms with Gasteiger partial charge in [-0.25, -0.2) is 4.39 Å². The number of benzene rings is 2. The van der Waals surface area contributed by atoms with Crippen LogP contribution in [-0.2, 0) is 0 Å².